The second-order valence-corrected chi connectivity index (χ2v) is 8.43. The van der Waals surface area contributed by atoms with Crippen LogP contribution in [0.4, 0.5) is 11.4 Å². The molecule has 6 heteroatoms. The third kappa shape index (κ3) is 3.85. The third-order valence-electron chi connectivity index (χ3n) is 4.41. The number of aryl methyl sites for hydroxylation is 2. The van der Waals surface area contributed by atoms with Gasteiger partial charge in [-0.15, -0.1) is 0 Å². The van der Waals surface area contributed by atoms with Gasteiger partial charge in [-0.3, -0.25) is 9.10 Å². The Labute approximate surface area is 148 Å². The van der Waals surface area contributed by atoms with Crippen molar-refractivity contribution in [3.63, 3.8) is 0 Å². The molecule has 2 aromatic rings. The van der Waals surface area contributed by atoms with E-state index in [4.69, 9.17) is 0 Å². The van der Waals surface area contributed by atoms with E-state index in [0.717, 1.165) is 23.2 Å². The molecule has 5 nitrogen and oxygen atoms in total. The van der Waals surface area contributed by atoms with Gasteiger partial charge in [-0.05, 0) is 68.1 Å². The van der Waals surface area contributed by atoms with Crippen LogP contribution in [0.25, 0.3) is 0 Å². The van der Waals surface area contributed by atoms with Crippen LogP contribution in [0.5, 0.6) is 0 Å². The molecule has 0 radical (unpaired) electrons. The summed E-state index contributed by atoms with van der Waals surface area (Å²) < 4.78 is 25.7. The van der Waals surface area contributed by atoms with Crippen LogP contribution >= 0.6 is 0 Å². The van der Waals surface area contributed by atoms with Crippen LogP contribution in [0, 0.1) is 13.8 Å². The predicted octanol–water partition coefficient (Wildman–Crippen LogP) is 3.49. The zero-order valence-corrected chi connectivity index (χ0v) is 15.3. The molecule has 0 aliphatic carbocycles. The smallest absolute Gasteiger partial charge is 0.255 e. The van der Waals surface area contributed by atoms with E-state index >= 15 is 0 Å². The van der Waals surface area contributed by atoms with Crippen molar-refractivity contribution in [1.82, 2.24) is 0 Å². The molecule has 1 saturated heterocycles. The Morgan fingerprint density at radius 2 is 1.76 bits per heavy atom. The van der Waals surface area contributed by atoms with Crippen molar-refractivity contribution in [1.29, 1.82) is 0 Å². The van der Waals surface area contributed by atoms with Crippen molar-refractivity contribution in [3.8, 4) is 0 Å². The first-order valence-corrected chi connectivity index (χ1v) is 9.97. The lowest BCUT2D eigenvalue weighted by Gasteiger charge is -2.28. The number of rotatable bonds is 3. The fourth-order valence-electron chi connectivity index (χ4n) is 2.92. The molecular formula is C19H22N2O3S. The van der Waals surface area contributed by atoms with E-state index in [2.05, 4.69) is 5.32 Å². The normalized spacial score (nSPS) is 16.5. The van der Waals surface area contributed by atoms with Gasteiger partial charge in [0.05, 0.1) is 11.4 Å². The van der Waals surface area contributed by atoms with Gasteiger partial charge in [0.2, 0.25) is 10.0 Å². The highest BCUT2D eigenvalue weighted by Crippen LogP contribution is 2.24. The first kappa shape index (κ1) is 17.5. The maximum Gasteiger partial charge on any atom is 0.255 e. The molecule has 0 saturated carbocycles. The Morgan fingerprint density at radius 3 is 2.44 bits per heavy atom. The quantitative estimate of drug-likeness (QED) is 0.913. The van der Waals surface area contributed by atoms with Gasteiger partial charge < -0.3 is 5.32 Å². The van der Waals surface area contributed by atoms with Gasteiger partial charge in [0.1, 0.15) is 0 Å². The highest BCUT2D eigenvalue weighted by Gasteiger charge is 2.26. The van der Waals surface area contributed by atoms with Crippen molar-refractivity contribution in [2.24, 2.45) is 0 Å². The SMILES string of the molecule is Cc1ccc(C)c(NC(=O)c2ccc(N3CCCCS3(=O)=O)cc2)c1. The lowest BCUT2D eigenvalue weighted by Crippen LogP contribution is -2.37. The van der Waals surface area contributed by atoms with Crippen LogP contribution in [0.3, 0.4) is 0 Å². The predicted molar refractivity (Wildman–Crippen MR) is 101 cm³/mol. The van der Waals surface area contributed by atoms with Crippen LogP contribution in [0.2, 0.25) is 0 Å². The average molecular weight is 358 g/mol. The number of nitrogens with zero attached hydrogens (tertiary/aromatic N) is 1. The van der Waals surface area contributed by atoms with Gasteiger partial charge in [0.25, 0.3) is 5.91 Å². The first-order chi connectivity index (χ1) is 11.9. The molecule has 1 aliphatic heterocycles. The number of nitrogens with one attached hydrogen (secondary N) is 1. The van der Waals surface area contributed by atoms with Crippen LogP contribution in [-0.4, -0.2) is 26.6 Å². The van der Waals surface area contributed by atoms with E-state index < -0.39 is 10.0 Å². The number of amides is 1. The highest BCUT2D eigenvalue weighted by molar-refractivity contribution is 7.92. The maximum atomic E-state index is 12.4. The summed E-state index contributed by atoms with van der Waals surface area (Å²) in [5.41, 5.74) is 3.97. The van der Waals surface area contributed by atoms with Gasteiger partial charge in [-0.25, -0.2) is 8.42 Å². The Morgan fingerprint density at radius 1 is 1.04 bits per heavy atom. The monoisotopic (exact) mass is 358 g/mol. The fraction of sp³-hybridized carbons (Fsp3) is 0.316. The highest BCUT2D eigenvalue weighted by atomic mass is 32.2. The lowest BCUT2D eigenvalue weighted by atomic mass is 10.1. The van der Waals surface area contributed by atoms with Crippen LogP contribution in [-0.2, 0) is 10.0 Å². The summed E-state index contributed by atoms with van der Waals surface area (Å²) in [5, 5.41) is 2.91. The maximum absolute atomic E-state index is 12.4. The minimum absolute atomic E-state index is 0.182. The number of carbonyl (C=O) groups is 1. The largest absolute Gasteiger partial charge is 0.322 e. The molecule has 1 N–H and O–H groups in total. The molecule has 0 unspecified atom stereocenters. The minimum atomic E-state index is -3.24. The van der Waals surface area contributed by atoms with Crippen molar-refractivity contribution in [2.45, 2.75) is 26.7 Å². The van der Waals surface area contributed by atoms with Gasteiger partial charge in [-0.1, -0.05) is 12.1 Å². The molecule has 132 valence electrons. The zero-order chi connectivity index (χ0) is 18.0. The number of benzene rings is 2. The molecule has 1 heterocycles. The summed E-state index contributed by atoms with van der Waals surface area (Å²) in [6.45, 7) is 4.42. The van der Waals surface area contributed by atoms with E-state index in [0.29, 0.717) is 24.2 Å². The third-order valence-corrected chi connectivity index (χ3v) is 6.28. The van der Waals surface area contributed by atoms with E-state index in [1.54, 1.807) is 24.3 Å². The topological polar surface area (TPSA) is 66.5 Å². The van der Waals surface area contributed by atoms with Gasteiger partial charge >= 0.3 is 0 Å². The molecule has 2 aromatic carbocycles. The van der Waals surface area contributed by atoms with Crippen LogP contribution in [0.15, 0.2) is 42.5 Å². The Kier molecular flexibility index (Phi) is 4.81. The number of sulfonamides is 1. The molecule has 1 amide bonds. The molecule has 25 heavy (non-hydrogen) atoms. The van der Waals surface area contributed by atoms with Crippen molar-refractivity contribution < 1.29 is 13.2 Å². The van der Waals surface area contributed by atoms with Gasteiger partial charge in [-0.2, -0.15) is 0 Å². The van der Waals surface area contributed by atoms with Crippen molar-refractivity contribution in [2.75, 3.05) is 21.9 Å². The van der Waals surface area contributed by atoms with E-state index in [1.807, 2.05) is 32.0 Å². The zero-order valence-electron chi connectivity index (χ0n) is 14.5. The summed E-state index contributed by atoms with van der Waals surface area (Å²) in [4.78, 5) is 12.4. The molecule has 0 atom stereocenters. The molecule has 0 aromatic heterocycles. The van der Waals surface area contributed by atoms with E-state index in [-0.39, 0.29) is 11.7 Å². The molecule has 0 bridgehead atoms. The molecule has 3 rings (SSSR count). The number of hydrogen-bond donors (Lipinski definition) is 1. The molecular weight excluding hydrogens is 336 g/mol. The Bertz CT molecular complexity index is 889. The summed E-state index contributed by atoms with van der Waals surface area (Å²) >= 11 is 0. The van der Waals surface area contributed by atoms with E-state index in [1.165, 1.54) is 4.31 Å². The van der Waals surface area contributed by atoms with Crippen molar-refractivity contribution in [3.05, 3.63) is 59.2 Å². The van der Waals surface area contributed by atoms with Gasteiger partial charge in [0, 0.05) is 17.8 Å². The van der Waals surface area contributed by atoms with Gasteiger partial charge in [0.15, 0.2) is 0 Å². The summed E-state index contributed by atoms with van der Waals surface area (Å²) in [5.74, 6) is -0.0243. The minimum Gasteiger partial charge on any atom is -0.322 e. The molecule has 0 spiro atoms. The number of hydrogen-bond acceptors (Lipinski definition) is 3. The second-order valence-electron chi connectivity index (χ2n) is 6.41. The summed E-state index contributed by atoms with van der Waals surface area (Å²) in [7, 11) is -3.24. The van der Waals surface area contributed by atoms with Crippen molar-refractivity contribution >= 4 is 27.3 Å². The Hall–Kier alpha value is -2.34. The Balaban J connectivity index is 1.78. The second kappa shape index (κ2) is 6.88. The van der Waals surface area contributed by atoms with Crippen LogP contribution in [0.1, 0.15) is 34.3 Å². The van der Waals surface area contributed by atoms with E-state index in [9.17, 15) is 13.2 Å². The fourth-order valence-corrected chi connectivity index (χ4v) is 4.56. The summed E-state index contributed by atoms with van der Waals surface area (Å²) in [6.07, 6.45) is 1.56. The number of anilines is 2. The number of carbonyl (C=O) groups excluding carboxylic acids is 1. The molecule has 1 fully saturated rings. The summed E-state index contributed by atoms with van der Waals surface area (Å²) in [6, 6.07) is 12.6. The van der Waals surface area contributed by atoms with Crippen LogP contribution < -0.4 is 9.62 Å². The first-order valence-electron chi connectivity index (χ1n) is 8.36. The molecule has 1 aliphatic rings. The lowest BCUT2D eigenvalue weighted by molar-refractivity contribution is 0.102. The standard InChI is InChI=1S/C19H22N2O3S/c1-14-5-6-15(2)18(13-14)20-19(22)16-7-9-17(10-8-16)21-11-3-4-12-25(21,23)24/h5-10,13H,3-4,11-12H2,1-2H3,(H,20,22). The average Bonchev–Trinajstić information content (AvgIpc) is 2.58.